The van der Waals surface area contributed by atoms with E-state index in [0.717, 1.165) is 25.7 Å². The zero-order valence-corrected chi connectivity index (χ0v) is 13.1. The molecule has 3 amide bonds. The fraction of sp³-hybridized carbons (Fsp3) is 0.786. The average Bonchev–Trinajstić information content (AvgIpc) is 2.38. The Hall–Kier alpha value is -1.63. The summed E-state index contributed by atoms with van der Waals surface area (Å²) in [6.07, 6.45) is 4.85. The number of carbonyl (C=O) groups excluding carboxylic acids is 2. The second kappa shape index (κ2) is 9.33. The van der Waals surface area contributed by atoms with Gasteiger partial charge in [-0.15, -0.1) is 0 Å². The van der Waals surface area contributed by atoms with Gasteiger partial charge in [0.15, 0.2) is 0 Å². The zero-order chi connectivity index (χ0) is 15.7. The van der Waals surface area contributed by atoms with E-state index in [9.17, 15) is 9.59 Å². The Morgan fingerprint density at radius 3 is 2.48 bits per heavy atom. The van der Waals surface area contributed by atoms with Crippen LogP contribution in [0, 0.1) is 0 Å². The highest BCUT2D eigenvalue weighted by atomic mass is 16.5. The van der Waals surface area contributed by atoms with Gasteiger partial charge in [0.05, 0.1) is 13.2 Å². The summed E-state index contributed by atoms with van der Waals surface area (Å²) in [5.41, 5.74) is 0. The number of aliphatic imine (C=N–C) groups is 1. The minimum Gasteiger partial charge on any atom is -0.448 e. The smallest absolute Gasteiger partial charge is 0.435 e. The summed E-state index contributed by atoms with van der Waals surface area (Å²) in [5.74, 6) is 0.284. The number of ether oxygens (including phenoxy) is 1. The molecule has 0 atom stereocenters. The van der Waals surface area contributed by atoms with E-state index in [2.05, 4.69) is 15.6 Å². The molecular formula is C14H26N4O3. The normalized spacial score (nSPS) is 16.7. The molecule has 1 fully saturated rings. The average molecular weight is 298 g/mol. The number of rotatable bonds is 4. The molecule has 7 heteroatoms. The molecular weight excluding hydrogens is 272 g/mol. The summed E-state index contributed by atoms with van der Waals surface area (Å²) >= 11 is 0. The largest absolute Gasteiger partial charge is 0.448 e. The summed E-state index contributed by atoms with van der Waals surface area (Å²) in [5, 5.41) is 5.57. The maximum atomic E-state index is 12.0. The number of nitrogens with zero attached hydrogens (tertiary/aromatic N) is 2. The standard InChI is InChI=1S/C14H26N4O3/c1-4-21-14(20)17-12(10-18(2)3)16-13(19)15-11-8-6-5-7-9-11/h11H,4-10H2,1-3H3,(H2,15,16,17,19,20). The molecule has 0 aromatic carbocycles. The second-order valence-electron chi connectivity index (χ2n) is 5.43. The van der Waals surface area contributed by atoms with E-state index in [-0.39, 0.29) is 24.5 Å². The monoisotopic (exact) mass is 298 g/mol. The van der Waals surface area contributed by atoms with E-state index in [1.807, 2.05) is 19.0 Å². The van der Waals surface area contributed by atoms with Crippen LogP contribution in [0.4, 0.5) is 9.59 Å². The van der Waals surface area contributed by atoms with Gasteiger partial charge in [-0.05, 0) is 33.9 Å². The van der Waals surface area contributed by atoms with Crippen LogP contribution in [0.3, 0.4) is 0 Å². The molecule has 1 aliphatic carbocycles. The number of hydrogen-bond acceptors (Lipinski definition) is 4. The van der Waals surface area contributed by atoms with E-state index in [1.165, 1.54) is 6.42 Å². The maximum absolute atomic E-state index is 12.0. The van der Waals surface area contributed by atoms with Crippen molar-refractivity contribution in [3.8, 4) is 0 Å². The number of amides is 3. The number of urea groups is 1. The molecule has 7 nitrogen and oxygen atoms in total. The lowest BCUT2D eigenvalue weighted by atomic mass is 9.96. The fourth-order valence-electron chi connectivity index (χ4n) is 2.27. The number of likely N-dealkylation sites (N-methyl/N-ethyl adjacent to an activating group) is 1. The van der Waals surface area contributed by atoms with Crippen LogP contribution in [0.15, 0.2) is 4.99 Å². The Morgan fingerprint density at radius 2 is 1.90 bits per heavy atom. The lowest BCUT2D eigenvalue weighted by molar-refractivity contribution is 0.163. The number of carbonyl (C=O) groups is 2. The van der Waals surface area contributed by atoms with E-state index >= 15 is 0 Å². The highest BCUT2D eigenvalue weighted by molar-refractivity contribution is 6.02. The molecule has 21 heavy (non-hydrogen) atoms. The molecule has 1 aliphatic rings. The van der Waals surface area contributed by atoms with Gasteiger partial charge in [0, 0.05) is 6.04 Å². The lowest BCUT2D eigenvalue weighted by Crippen LogP contribution is -2.47. The van der Waals surface area contributed by atoms with Crippen molar-refractivity contribution in [2.75, 3.05) is 27.2 Å². The third-order valence-corrected chi connectivity index (χ3v) is 3.16. The second-order valence-corrected chi connectivity index (χ2v) is 5.43. The molecule has 0 heterocycles. The predicted molar refractivity (Wildman–Crippen MR) is 81.6 cm³/mol. The predicted octanol–water partition coefficient (Wildman–Crippen LogP) is 1.73. The van der Waals surface area contributed by atoms with Crippen LogP contribution < -0.4 is 10.6 Å². The van der Waals surface area contributed by atoms with Crippen molar-refractivity contribution >= 4 is 18.0 Å². The van der Waals surface area contributed by atoms with E-state index in [4.69, 9.17) is 4.74 Å². The van der Waals surface area contributed by atoms with Crippen molar-refractivity contribution in [2.45, 2.75) is 45.1 Å². The molecule has 0 aromatic heterocycles. The molecule has 0 radical (unpaired) electrons. The first kappa shape index (κ1) is 17.4. The summed E-state index contributed by atoms with van der Waals surface area (Å²) in [4.78, 5) is 29.0. The van der Waals surface area contributed by atoms with Crippen LogP contribution in [0.5, 0.6) is 0 Å². The van der Waals surface area contributed by atoms with Crippen molar-refractivity contribution in [1.82, 2.24) is 15.5 Å². The van der Waals surface area contributed by atoms with Crippen LogP contribution >= 0.6 is 0 Å². The van der Waals surface area contributed by atoms with Gasteiger partial charge in [0.1, 0.15) is 5.84 Å². The minimum atomic E-state index is -0.688. The number of amidine groups is 1. The van der Waals surface area contributed by atoms with E-state index in [1.54, 1.807) is 6.92 Å². The fourth-order valence-corrected chi connectivity index (χ4v) is 2.27. The Balaban J connectivity index is 2.53. The Labute approximate surface area is 126 Å². The number of hydrogen-bond donors (Lipinski definition) is 2. The highest BCUT2D eigenvalue weighted by Gasteiger charge is 2.17. The highest BCUT2D eigenvalue weighted by Crippen LogP contribution is 2.17. The third kappa shape index (κ3) is 7.65. The van der Waals surface area contributed by atoms with Gasteiger partial charge in [-0.25, -0.2) is 9.59 Å². The molecule has 2 N–H and O–H groups in total. The molecule has 120 valence electrons. The molecule has 1 rings (SSSR count). The SMILES string of the molecule is CCOC(=O)/N=C(/CN(C)C)NC(=O)NC1CCCCC1. The van der Waals surface area contributed by atoms with Gasteiger partial charge in [-0.3, -0.25) is 5.32 Å². The zero-order valence-electron chi connectivity index (χ0n) is 13.1. The number of nitrogens with one attached hydrogen (secondary N) is 2. The van der Waals surface area contributed by atoms with Gasteiger partial charge in [-0.2, -0.15) is 4.99 Å². The van der Waals surface area contributed by atoms with Crippen LogP contribution in [0.1, 0.15) is 39.0 Å². The summed E-state index contributed by atoms with van der Waals surface area (Å²) in [6, 6.07) is -0.103. The lowest BCUT2D eigenvalue weighted by Gasteiger charge is -2.23. The van der Waals surface area contributed by atoms with Gasteiger partial charge in [0.2, 0.25) is 0 Å². The van der Waals surface area contributed by atoms with Gasteiger partial charge < -0.3 is 15.0 Å². The van der Waals surface area contributed by atoms with Crippen molar-refractivity contribution in [1.29, 1.82) is 0 Å². The third-order valence-electron chi connectivity index (χ3n) is 3.16. The van der Waals surface area contributed by atoms with Crippen LogP contribution in [0.25, 0.3) is 0 Å². The van der Waals surface area contributed by atoms with E-state index < -0.39 is 6.09 Å². The van der Waals surface area contributed by atoms with E-state index in [0.29, 0.717) is 6.54 Å². The Morgan fingerprint density at radius 1 is 1.24 bits per heavy atom. The van der Waals surface area contributed by atoms with Gasteiger partial charge >= 0.3 is 12.1 Å². The van der Waals surface area contributed by atoms with Gasteiger partial charge in [0.25, 0.3) is 0 Å². The maximum Gasteiger partial charge on any atom is 0.435 e. The van der Waals surface area contributed by atoms with Crippen molar-refractivity contribution in [3.63, 3.8) is 0 Å². The minimum absolute atomic E-state index is 0.210. The van der Waals surface area contributed by atoms with Crippen molar-refractivity contribution in [2.24, 2.45) is 4.99 Å². The quantitative estimate of drug-likeness (QED) is 0.611. The summed E-state index contributed by atoms with van der Waals surface area (Å²) in [7, 11) is 3.67. The molecule has 0 unspecified atom stereocenters. The van der Waals surface area contributed by atoms with Gasteiger partial charge in [-0.1, -0.05) is 19.3 Å². The first-order valence-corrected chi connectivity index (χ1v) is 7.47. The molecule has 0 aliphatic heterocycles. The Bertz CT molecular complexity index is 376. The van der Waals surface area contributed by atoms with Crippen molar-refractivity contribution in [3.05, 3.63) is 0 Å². The van der Waals surface area contributed by atoms with Crippen molar-refractivity contribution < 1.29 is 14.3 Å². The molecule has 0 aromatic rings. The summed E-state index contributed by atoms with van der Waals surface area (Å²) in [6.45, 7) is 2.32. The molecule has 0 spiro atoms. The van der Waals surface area contributed by atoms with Crippen LogP contribution in [-0.4, -0.2) is 56.1 Å². The molecule has 1 saturated carbocycles. The van der Waals surface area contributed by atoms with Crippen LogP contribution in [-0.2, 0) is 4.74 Å². The molecule has 0 bridgehead atoms. The first-order chi connectivity index (χ1) is 10.0. The first-order valence-electron chi connectivity index (χ1n) is 7.47. The summed E-state index contributed by atoms with van der Waals surface area (Å²) < 4.78 is 4.77. The van der Waals surface area contributed by atoms with Crippen LogP contribution in [0.2, 0.25) is 0 Å². The topological polar surface area (TPSA) is 83.0 Å². The molecule has 0 saturated heterocycles. The Kier molecular flexibility index (Phi) is 7.74.